The molecule has 7 heteroatoms. The largest absolute Gasteiger partial charge is 0.484 e. The topological polar surface area (TPSA) is 64.4 Å². The Kier molecular flexibility index (Phi) is 5.26. The van der Waals surface area contributed by atoms with Gasteiger partial charge in [-0.1, -0.05) is 23.4 Å². The Balaban J connectivity index is 1.54. The summed E-state index contributed by atoms with van der Waals surface area (Å²) >= 11 is 0. The third-order valence-electron chi connectivity index (χ3n) is 3.67. The standard InChI is InChI=1S/C19H16F2N2O3/c1-12-4-2-3-5-17(12)25-11-19(24)22-10-14-9-18(26-23-14)15-7-6-13(20)8-16(15)21/h2-9H,10-11H2,1H3,(H,22,24). The molecule has 2 aromatic carbocycles. The lowest BCUT2D eigenvalue weighted by molar-refractivity contribution is -0.123. The fourth-order valence-electron chi connectivity index (χ4n) is 2.31. The highest BCUT2D eigenvalue weighted by Gasteiger charge is 2.13. The number of hydrogen-bond donors (Lipinski definition) is 1. The van der Waals surface area contributed by atoms with Crippen LogP contribution in [0.5, 0.6) is 5.75 Å². The Bertz CT molecular complexity index is 925. The van der Waals surface area contributed by atoms with Gasteiger partial charge in [0, 0.05) is 12.1 Å². The van der Waals surface area contributed by atoms with Gasteiger partial charge in [-0.05, 0) is 30.7 Å². The Morgan fingerprint density at radius 1 is 1.19 bits per heavy atom. The maximum absolute atomic E-state index is 13.7. The van der Waals surface area contributed by atoms with E-state index >= 15 is 0 Å². The molecule has 1 heterocycles. The van der Waals surface area contributed by atoms with Gasteiger partial charge in [0.15, 0.2) is 12.4 Å². The lowest BCUT2D eigenvalue weighted by Crippen LogP contribution is -2.28. The number of rotatable bonds is 6. The van der Waals surface area contributed by atoms with E-state index in [1.807, 2.05) is 25.1 Å². The molecule has 26 heavy (non-hydrogen) atoms. The van der Waals surface area contributed by atoms with E-state index in [0.717, 1.165) is 17.7 Å². The number of nitrogens with one attached hydrogen (secondary N) is 1. The SMILES string of the molecule is Cc1ccccc1OCC(=O)NCc1cc(-c2ccc(F)cc2F)on1. The molecule has 0 saturated carbocycles. The molecule has 0 unspecified atom stereocenters. The van der Waals surface area contributed by atoms with Crippen LogP contribution in [0.4, 0.5) is 8.78 Å². The third kappa shape index (κ3) is 4.24. The molecular formula is C19H16F2N2O3. The average Bonchev–Trinajstić information content (AvgIpc) is 3.08. The molecule has 1 N–H and O–H groups in total. The van der Waals surface area contributed by atoms with Crippen LogP contribution >= 0.6 is 0 Å². The van der Waals surface area contributed by atoms with E-state index in [4.69, 9.17) is 9.26 Å². The van der Waals surface area contributed by atoms with Crippen LogP contribution in [0.3, 0.4) is 0 Å². The molecular weight excluding hydrogens is 342 g/mol. The van der Waals surface area contributed by atoms with E-state index < -0.39 is 11.6 Å². The molecule has 3 rings (SSSR count). The molecule has 0 spiro atoms. The van der Waals surface area contributed by atoms with Gasteiger partial charge in [0.2, 0.25) is 0 Å². The van der Waals surface area contributed by atoms with Gasteiger partial charge in [-0.15, -0.1) is 0 Å². The lowest BCUT2D eigenvalue weighted by Gasteiger charge is -2.08. The van der Waals surface area contributed by atoms with Crippen molar-refractivity contribution in [2.45, 2.75) is 13.5 Å². The average molecular weight is 358 g/mol. The first kappa shape index (κ1) is 17.6. The summed E-state index contributed by atoms with van der Waals surface area (Å²) in [5, 5.41) is 6.41. The highest BCUT2D eigenvalue weighted by atomic mass is 19.1. The van der Waals surface area contributed by atoms with Crippen molar-refractivity contribution < 1.29 is 22.8 Å². The molecule has 134 valence electrons. The number of nitrogens with zero attached hydrogens (tertiary/aromatic N) is 1. The van der Waals surface area contributed by atoms with Crippen LogP contribution in [-0.2, 0) is 11.3 Å². The second-order valence-electron chi connectivity index (χ2n) is 5.64. The first-order valence-electron chi connectivity index (χ1n) is 7.89. The predicted molar refractivity (Wildman–Crippen MR) is 90.4 cm³/mol. The van der Waals surface area contributed by atoms with Crippen LogP contribution in [-0.4, -0.2) is 17.7 Å². The molecule has 3 aromatic rings. The van der Waals surface area contributed by atoms with Gasteiger partial charge in [-0.3, -0.25) is 4.79 Å². The summed E-state index contributed by atoms with van der Waals surface area (Å²) in [6.45, 7) is 1.85. The summed E-state index contributed by atoms with van der Waals surface area (Å²) in [6, 6.07) is 12.0. The normalized spacial score (nSPS) is 10.6. The molecule has 5 nitrogen and oxygen atoms in total. The number of carbonyl (C=O) groups is 1. The minimum absolute atomic E-state index is 0.0966. The van der Waals surface area contributed by atoms with Crippen molar-refractivity contribution in [3.8, 4) is 17.1 Å². The lowest BCUT2D eigenvalue weighted by atomic mass is 10.1. The Labute approximate surface area is 148 Å². The Morgan fingerprint density at radius 3 is 2.77 bits per heavy atom. The minimum Gasteiger partial charge on any atom is -0.484 e. The molecule has 0 aliphatic carbocycles. The molecule has 0 bridgehead atoms. The maximum Gasteiger partial charge on any atom is 0.258 e. The van der Waals surface area contributed by atoms with Gasteiger partial charge in [0.1, 0.15) is 23.1 Å². The van der Waals surface area contributed by atoms with E-state index in [9.17, 15) is 13.6 Å². The highest BCUT2D eigenvalue weighted by molar-refractivity contribution is 5.77. The van der Waals surface area contributed by atoms with E-state index in [1.165, 1.54) is 12.1 Å². The van der Waals surface area contributed by atoms with Crippen LogP contribution in [0.15, 0.2) is 53.1 Å². The van der Waals surface area contributed by atoms with E-state index in [-0.39, 0.29) is 30.4 Å². The van der Waals surface area contributed by atoms with Crippen molar-refractivity contribution in [3.05, 3.63) is 71.4 Å². The number of benzene rings is 2. The van der Waals surface area contributed by atoms with Gasteiger partial charge < -0.3 is 14.6 Å². The first-order valence-corrected chi connectivity index (χ1v) is 7.89. The van der Waals surface area contributed by atoms with Crippen molar-refractivity contribution in [3.63, 3.8) is 0 Å². The third-order valence-corrected chi connectivity index (χ3v) is 3.67. The fraction of sp³-hybridized carbons (Fsp3) is 0.158. The molecule has 0 radical (unpaired) electrons. The van der Waals surface area contributed by atoms with Gasteiger partial charge >= 0.3 is 0 Å². The smallest absolute Gasteiger partial charge is 0.258 e. The molecule has 0 aliphatic heterocycles. The second-order valence-corrected chi connectivity index (χ2v) is 5.64. The molecule has 0 fully saturated rings. The number of halogens is 2. The Hall–Kier alpha value is -3.22. The number of hydrogen-bond acceptors (Lipinski definition) is 4. The van der Waals surface area contributed by atoms with Gasteiger partial charge in [-0.2, -0.15) is 0 Å². The highest BCUT2D eigenvalue weighted by Crippen LogP contribution is 2.24. The number of ether oxygens (including phenoxy) is 1. The van der Waals surface area contributed by atoms with Crippen LogP contribution in [0.25, 0.3) is 11.3 Å². The summed E-state index contributed by atoms with van der Waals surface area (Å²) in [5.41, 5.74) is 1.44. The van der Waals surface area contributed by atoms with Crippen molar-refractivity contribution in [1.82, 2.24) is 10.5 Å². The second kappa shape index (κ2) is 7.77. The summed E-state index contributed by atoms with van der Waals surface area (Å²) in [4.78, 5) is 11.9. The van der Waals surface area contributed by atoms with Crippen molar-refractivity contribution in [2.75, 3.05) is 6.61 Å². The summed E-state index contributed by atoms with van der Waals surface area (Å²) in [5.74, 6) is -0.956. The van der Waals surface area contributed by atoms with E-state index in [2.05, 4.69) is 10.5 Å². The summed E-state index contributed by atoms with van der Waals surface area (Å²) in [7, 11) is 0. The number of aromatic nitrogens is 1. The zero-order chi connectivity index (χ0) is 18.5. The van der Waals surface area contributed by atoms with E-state index in [1.54, 1.807) is 6.07 Å². The zero-order valence-corrected chi connectivity index (χ0v) is 14.0. The molecule has 0 atom stereocenters. The zero-order valence-electron chi connectivity index (χ0n) is 14.0. The summed E-state index contributed by atoms with van der Waals surface area (Å²) < 4.78 is 37.2. The quantitative estimate of drug-likeness (QED) is 0.731. The van der Waals surface area contributed by atoms with Crippen molar-refractivity contribution in [1.29, 1.82) is 0 Å². The predicted octanol–water partition coefficient (Wildman–Crippen LogP) is 3.62. The van der Waals surface area contributed by atoms with E-state index in [0.29, 0.717) is 11.4 Å². The first-order chi connectivity index (χ1) is 12.5. The minimum atomic E-state index is -0.747. The van der Waals surface area contributed by atoms with Crippen LogP contribution in [0.2, 0.25) is 0 Å². The fourth-order valence-corrected chi connectivity index (χ4v) is 2.31. The maximum atomic E-state index is 13.7. The van der Waals surface area contributed by atoms with Crippen molar-refractivity contribution in [2.24, 2.45) is 0 Å². The van der Waals surface area contributed by atoms with Gasteiger partial charge in [-0.25, -0.2) is 8.78 Å². The number of para-hydroxylation sites is 1. The number of carbonyl (C=O) groups excluding carboxylic acids is 1. The van der Waals surface area contributed by atoms with Gasteiger partial charge in [0.25, 0.3) is 5.91 Å². The van der Waals surface area contributed by atoms with Gasteiger partial charge in [0.05, 0.1) is 12.1 Å². The Morgan fingerprint density at radius 2 is 2.00 bits per heavy atom. The van der Waals surface area contributed by atoms with Crippen LogP contribution in [0, 0.1) is 18.6 Å². The van der Waals surface area contributed by atoms with Crippen molar-refractivity contribution >= 4 is 5.91 Å². The monoisotopic (exact) mass is 358 g/mol. The molecule has 0 aliphatic rings. The number of amides is 1. The molecule has 0 saturated heterocycles. The molecule has 1 aromatic heterocycles. The molecule has 1 amide bonds. The van der Waals surface area contributed by atoms with Crippen LogP contribution in [0.1, 0.15) is 11.3 Å². The number of aryl methyl sites for hydroxylation is 1. The van der Waals surface area contributed by atoms with Crippen LogP contribution < -0.4 is 10.1 Å². The summed E-state index contributed by atoms with van der Waals surface area (Å²) in [6.07, 6.45) is 0.